The Balaban J connectivity index is 2.06. The Hall–Kier alpha value is -2.13. The number of carboxylic acids is 1. The number of amides is 1. The number of likely N-dealkylation sites (tertiary alicyclic amines) is 1. The van der Waals surface area contributed by atoms with Gasteiger partial charge in [-0.1, -0.05) is 0 Å². The highest BCUT2D eigenvalue weighted by Crippen LogP contribution is 2.31. The van der Waals surface area contributed by atoms with Gasteiger partial charge in [0, 0.05) is 6.54 Å². The van der Waals surface area contributed by atoms with Gasteiger partial charge in [0.05, 0.1) is 0 Å². The Morgan fingerprint density at radius 2 is 2.15 bits per heavy atom. The molecule has 2 rings (SSSR count). The summed E-state index contributed by atoms with van der Waals surface area (Å²) in [4.78, 5) is 27.1. The third kappa shape index (κ3) is 2.32. The van der Waals surface area contributed by atoms with Crippen LogP contribution in [0.3, 0.4) is 0 Å². The fourth-order valence-corrected chi connectivity index (χ4v) is 1.91. The maximum atomic E-state index is 12.3. The second-order valence-electron chi connectivity index (χ2n) is 4.64. The predicted octanol–water partition coefficient (Wildman–Crippen LogP) is 0.372. The number of carboxylic acid groups (broad SMARTS) is 1. The molecule has 1 N–H and O–H groups in total. The van der Waals surface area contributed by atoms with E-state index in [4.69, 9.17) is 5.11 Å². The topological polar surface area (TPSA) is 88.3 Å². The highest BCUT2D eigenvalue weighted by Gasteiger charge is 2.49. The lowest BCUT2D eigenvalue weighted by atomic mass is 9.86. The van der Waals surface area contributed by atoms with E-state index < -0.39 is 36.0 Å². The largest absolute Gasteiger partial charge is 0.480 e. The fraction of sp³-hybridized carbons (Fsp3) is 0.600. The van der Waals surface area contributed by atoms with Gasteiger partial charge in [-0.25, -0.2) is 14.5 Å². The minimum Gasteiger partial charge on any atom is -0.480 e. The molecule has 1 amide bonds. The van der Waals surface area contributed by atoms with Gasteiger partial charge in [0.1, 0.15) is 18.4 Å². The van der Waals surface area contributed by atoms with E-state index in [0.717, 1.165) is 15.9 Å². The first-order valence-electron chi connectivity index (χ1n) is 5.65. The number of alkyl halides is 3. The molecule has 0 radical (unpaired) electrons. The third-order valence-corrected chi connectivity index (χ3v) is 3.27. The van der Waals surface area contributed by atoms with Crippen LogP contribution in [-0.4, -0.2) is 48.7 Å². The van der Waals surface area contributed by atoms with E-state index >= 15 is 0 Å². The van der Waals surface area contributed by atoms with Crippen molar-refractivity contribution < 1.29 is 27.9 Å². The zero-order valence-corrected chi connectivity index (χ0v) is 10.4. The van der Waals surface area contributed by atoms with E-state index in [1.165, 1.54) is 6.92 Å². The molecule has 1 saturated heterocycles. The number of nitrogens with zero attached hydrogens (tertiary/aromatic N) is 4. The first kappa shape index (κ1) is 14.3. The summed E-state index contributed by atoms with van der Waals surface area (Å²) in [6.07, 6.45) is -3.58. The molecular formula is C10H11F3N4O3. The summed E-state index contributed by atoms with van der Waals surface area (Å²) in [5.74, 6) is -3.10. The van der Waals surface area contributed by atoms with Crippen molar-refractivity contribution in [2.45, 2.75) is 31.6 Å². The van der Waals surface area contributed by atoms with Gasteiger partial charge in [0.2, 0.25) is 5.91 Å². The predicted molar refractivity (Wildman–Crippen MR) is 57.4 cm³/mol. The fourth-order valence-electron chi connectivity index (χ4n) is 1.91. The summed E-state index contributed by atoms with van der Waals surface area (Å²) in [5, 5.41) is 12.2. The molecule has 0 bridgehead atoms. The molecule has 1 aliphatic rings. The summed E-state index contributed by atoms with van der Waals surface area (Å²) in [6.45, 7) is 1.16. The van der Waals surface area contributed by atoms with E-state index in [1.54, 1.807) is 0 Å². The highest BCUT2D eigenvalue weighted by molar-refractivity contribution is 5.88. The smallest absolute Gasteiger partial charge is 0.453 e. The minimum atomic E-state index is -4.68. The van der Waals surface area contributed by atoms with Crippen molar-refractivity contribution in [1.82, 2.24) is 19.7 Å². The van der Waals surface area contributed by atoms with Crippen LogP contribution in [-0.2, 0) is 22.3 Å². The van der Waals surface area contributed by atoms with Crippen molar-refractivity contribution >= 4 is 11.9 Å². The van der Waals surface area contributed by atoms with Crippen LogP contribution in [0, 0.1) is 0 Å². The molecule has 0 aromatic carbocycles. The van der Waals surface area contributed by atoms with Gasteiger partial charge in [0.25, 0.3) is 5.82 Å². The standard InChI is InChI=1S/C10H11F3N4O3/c1-9(8(19)20)2-3-17(9)6(18)4-16-5-14-7(15-16)10(11,12)13/h5H,2-4H2,1H3,(H,19,20). The van der Waals surface area contributed by atoms with Gasteiger partial charge in [-0.2, -0.15) is 13.2 Å². The normalized spacial score (nSPS) is 22.5. The summed E-state index contributed by atoms with van der Waals surface area (Å²) in [7, 11) is 0. The first-order valence-corrected chi connectivity index (χ1v) is 5.65. The van der Waals surface area contributed by atoms with Crippen LogP contribution in [0.15, 0.2) is 6.33 Å². The van der Waals surface area contributed by atoms with Gasteiger partial charge in [-0.15, -0.1) is 5.10 Å². The maximum absolute atomic E-state index is 12.3. The molecule has 1 unspecified atom stereocenters. The van der Waals surface area contributed by atoms with E-state index in [1.807, 2.05) is 0 Å². The molecule has 10 heteroatoms. The van der Waals surface area contributed by atoms with Crippen LogP contribution in [0.5, 0.6) is 0 Å². The minimum absolute atomic E-state index is 0.252. The molecule has 0 saturated carbocycles. The van der Waals surface area contributed by atoms with Crippen molar-refractivity contribution in [2.75, 3.05) is 6.54 Å². The molecule has 110 valence electrons. The molecule has 1 aromatic heterocycles. The summed E-state index contributed by atoms with van der Waals surface area (Å²) in [6, 6.07) is 0. The molecule has 7 nitrogen and oxygen atoms in total. The maximum Gasteiger partial charge on any atom is 0.453 e. The molecular weight excluding hydrogens is 281 g/mol. The number of carbonyl (C=O) groups excluding carboxylic acids is 1. The first-order chi connectivity index (χ1) is 9.14. The molecule has 1 aromatic rings. The second kappa shape index (κ2) is 4.46. The highest BCUT2D eigenvalue weighted by atomic mass is 19.4. The van der Waals surface area contributed by atoms with Gasteiger partial charge < -0.3 is 10.0 Å². The lowest BCUT2D eigenvalue weighted by molar-refractivity contribution is -0.169. The SMILES string of the molecule is CC1(C(=O)O)CCN1C(=O)Cn1cnc(C(F)(F)F)n1. The van der Waals surface area contributed by atoms with Crippen LogP contribution in [0.25, 0.3) is 0 Å². The Bertz CT molecular complexity index is 556. The number of aliphatic carboxylic acids is 1. The summed E-state index contributed by atoms with van der Waals surface area (Å²) < 4.78 is 37.6. The number of halogens is 3. The molecule has 20 heavy (non-hydrogen) atoms. The molecule has 1 fully saturated rings. The zero-order valence-electron chi connectivity index (χ0n) is 10.4. The number of hydrogen-bond acceptors (Lipinski definition) is 4. The summed E-state index contributed by atoms with van der Waals surface area (Å²) in [5.41, 5.74) is -1.30. The van der Waals surface area contributed by atoms with E-state index in [2.05, 4.69) is 10.1 Å². The van der Waals surface area contributed by atoms with Crippen molar-refractivity contribution in [2.24, 2.45) is 0 Å². The summed E-state index contributed by atoms with van der Waals surface area (Å²) >= 11 is 0. The van der Waals surface area contributed by atoms with E-state index in [0.29, 0.717) is 6.42 Å². The average molecular weight is 292 g/mol. The lowest BCUT2D eigenvalue weighted by Gasteiger charge is -2.47. The van der Waals surface area contributed by atoms with Crippen molar-refractivity contribution in [1.29, 1.82) is 0 Å². The zero-order chi connectivity index (χ0) is 15.1. The van der Waals surface area contributed by atoms with Crippen LogP contribution in [0.1, 0.15) is 19.2 Å². The van der Waals surface area contributed by atoms with Crippen LogP contribution >= 0.6 is 0 Å². The van der Waals surface area contributed by atoms with E-state index in [9.17, 15) is 22.8 Å². The number of aromatic nitrogens is 3. The average Bonchev–Trinajstić information content (AvgIpc) is 2.74. The molecule has 2 heterocycles. The van der Waals surface area contributed by atoms with Crippen LogP contribution in [0.4, 0.5) is 13.2 Å². The van der Waals surface area contributed by atoms with Crippen LogP contribution in [0.2, 0.25) is 0 Å². The molecule has 1 atom stereocenters. The second-order valence-corrected chi connectivity index (χ2v) is 4.64. The van der Waals surface area contributed by atoms with Crippen molar-refractivity contribution in [3.05, 3.63) is 12.2 Å². The molecule has 0 aliphatic carbocycles. The van der Waals surface area contributed by atoms with Crippen molar-refractivity contribution in [3.8, 4) is 0 Å². The molecule has 0 spiro atoms. The number of rotatable bonds is 3. The van der Waals surface area contributed by atoms with Crippen LogP contribution < -0.4 is 0 Å². The van der Waals surface area contributed by atoms with Gasteiger partial charge in [-0.3, -0.25) is 4.79 Å². The van der Waals surface area contributed by atoms with Gasteiger partial charge in [0.15, 0.2) is 0 Å². The third-order valence-electron chi connectivity index (χ3n) is 3.27. The lowest BCUT2D eigenvalue weighted by Crippen LogP contribution is -2.65. The Morgan fingerprint density at radius 1 is 1.50 bits per heavy atom. The van der Waals surface area contributed by atoms with Gasteiger partial charge in [-0.05, 0) is 13.3 Å². The number of hydrogen-bond donors (Lipinski definition) is 1. The molecule has 1 aliphatic heterocycles. The number of carbonyl (C=O) groups is 2. The van der Waals surface area contributed by atoms with Crippen molar-refractivity contribution in [3.63, 3.8) is 0 Å². The van der Waals surface area contributed by atoms with Gasteiger partial charge >= 0.3 is 12.1 Å². The Labute approximate surface area is 111 Å². The monoisotopic (exact) mass is 292 g/mol. The Morgan fingerprint density at radius 3 is 2.55 bits per heavy atom. The van der Waals surface area contributed by atoms with E-state index in [-0.39, 0.29) is 6.54 Å². The quantitative estimate of drug-likeness (QED) is 0.869. The Kier molecular flexibility index (Phi) is 3.18.